The second kappa shape index (κ2) is 6.38. The van der Waals surface area contributed by atoms with Crippen molar-refractivity contribution in [3.05, 3.63) is 48.0 Å². The monoisotopic (exact) mass is 268 g/mol. The zero-order valence-corrected chi connectivity index (χ0v) is 12.3. The van der Waals surface area contributed by atoms with Crippen LogP contribution in [0.15, 0.2) is 42.5 Å². The summed E-state index contributed by atoms with van der Waals surface area (Å²) >= 11 is 0. The third kappa shape index (κ3) is 3.20. The van der Waals surface area contributed by atoms with E-state index in [2.05, 4.69) is 59.7 Å². The number of nitrogens with one attached hydrogen (secondary N) is 1. The van der Waals surface area contributed by atoms with Gasteiger partial charge in [-0.15, -0.1) is 0 Å². The van der Waals surface area contributed by atoms with E-state index in [1.165, 1.54) is 42.4 Å². The lowest BCUT2D eigenvalue weighted by molar-refractivity contribution is 0.289. The lowest BCUT2D eigenvalue weighted by Crippen LogP contribution is -2.28. The third-order valence-corrected chi connectivity index (χ3v) is 4.38. The zero-order chi connectivity index (χ0) is 13.8. The molecule has 0 aromatic heterocycles. The van der Waals surface area contributed by atoms with Crippen molar-refractivity contribution >= 4 is 10.8 Å². The molecule has 1 heterocycles. The van der Waals surface area contributed by atoms with Crippen LogP contribution in [-0.4, -0.2) is 38.1 Å². The van der Waals surface area contributed by atoms with Gasteiger partial charge in [0.2, 0.25) is 0 Å². The normalized spacial score (nSPS) is 19.0. The number of benzene rings is 2. The molecule has 2 heteroatoms. The zero-order valence-electron chi connectivity index (χ0n) is 12.3. The minimum Gasteiger partial charge on any atom is -0.316 e. The smallest absolute Gasteiger partial charge is 0.00193 e. The molecule has 2 aromatic rings. The van der Waals surface area contributed by atoms with Crippen LogP contribution in [0, 0.1) is 5.92 Å². The van der Waals surface area contributed by atoms with Crippen LogP contribution in [0.5, 0.6) is 0 Å². The van der Waals surface area contributed by atoms with Crippen molar-refractivity contribution in [2.24, 2.45) is 5.92 Å². The highest BCUT2D eigenvalue weighted by Gasteiger charge is 2.16. The Bertz CT molecular complexity index is 553. The lowest BCUT2D eigenvalue weighted by Gasteiger charge is -2.20. The maximum atomic E-state index is 3.45. The molecule has 2 nitrogen and oxygen atoms in total. The number of nitrogens with zero attached hydrogens (tertiary/aromatic N) is 1. The van der Waals surface area contributed by atoms with Gasteiger partial charge in [-0.25, -0.2) is 0 Å². The van der Waals surface area contributed by atoms with Crippen LogP contribution in [-0.2, 0) is 6.42 Å². The highest BCUT2D eigenvalue weighted by Crippen LogP contribution is 2.19. The molecule has 1 fully saturated rings. The van der Waals surface area contributed by atoms with Crippen molar-refractivity contribution in [2.75, 3.05) is 33.2 Å². The summed E-state index contributed by atoms with van der Waals surface area (Å²) in [6.45, 7) is 4.75. The second-order valence-corrected chi connectivity index (χ2v) is 6.01. The maximum Gasteiger partial charge on any atom is 0.00193 e. The van der Waals surface area contributed by atoms with Crippen molar-refractivity contribution in [3.8, 4) is 0 Å². The molecule has 1 unspecified atom stereocenters. The Kier molecular flexibility index (Phi) is 4.34. The first-order chi connectivity index (χ1) is 9.83. The summed E-state index contributed by atoms with van der Waals surface area (Å²) in [6.07, 6.45) is 2.47. The Morgan fingerprint density at radius 3 is 2.85 bits per heavy atom. The van der Waals surface area contributed by atoms with Crippen LogP contribution in [0.4, 0.5) is 0 Å². The van der Waals surface area contributed by atoms with Crippen LogP contribution in [0.2, 0.25) is 0 Å². The van der Waals surface area contributed by atoms with Gasteiger partial charge in [0.05, 0.1) is 0 Å². The maximum absolute atomic E-state index is 3.45. The second-order valence-electron chi connectivity index (χ2n) is 6.01. The molecular weight excluding hydrogens is 244 g/mol. The van der Waals surface area contributed by atoms with E-state index in [1.54, 1.807) is 0 Å². The van der Waals surface area contributed by atoms with E-state index < -0.39 is 0 Å². The molecule has 0 radical (unpaired) electrons. The van der Waals surface area contributed by atoms with E-state index in [9.17, 15) is 0 Å². The predicted octanol–water partition coefficient (Wildman–Crippen LogP) is 2.92. The summed E-state index contributed by atoms with van der Waals surface area (Å²) in [5, 5.41) is 6.21. The first-order valence-corrected chi connectivity index (χ1v) is 7.69. The number of likely N-dealkylation sites (N-methyl/N-ethyl adjacent to an activating group) is 1. The molecule has 1 atom stereocenters. The van der Waals surface area contributed by atoms with Gasteiger partial charge in [-0.05, 0) is 55.2 Å². The van der Waals surface area contributed by atoms with Gasteiger partial charge >= 0.3 is 0 Å². The number of rotatable bonds is 5. The minimum atomic E-state index is 0.840. The van der Waals surface area contributed by atoms with Crippen molar-refractivity contribution in [3.63, 3.8) is 0 Å². The Morgan fingerprint density at radius 2 is 2.00 bits per heavy atom. The lowest BCUT2D eigenvalue weighted by atomic mass is 10.0. The van der Waals surface area contributed by atoms with Crippen molar-refractivity contribution in [1.82, 2.24) is 10.2 Å². The molecule has 1 aliphatic rings. The van der Waals surface area contributed by atoms with E-state index >= 15 is 0 Å². The molecule has 0 spiro atoms. The number of hydrogen-bond donors (Lipinski definition) is 1. The van der Waals surface area contributed by atoms with Gasteiger partial charge < -0.3 is 10.2 Å². The van der Waals surface area contributed by atoms with Crippen molar-refractivity contribution in [1.29, 1.82) is 0 Å². The molecule has 0 amide bonds. The molecule has 0 bridgehead atoms. The van der Waals surface area contributed by atoms with Gasteiger partial charge in [-0.2, -0.15) is 0 Å². The molecular formula is C18H24N2. The fourth-order valence-corrected chi connectivity index (χ4v) is 3.22. The van der Waals surface area contributed by atoms with Gasteiger partial charge in [-0.3, -0.25) is 0 Å². The van der Waals surface area contributed by atoms with Gasteiger partial charge in [0.1, 0.15) is 0 Å². The Balaban J connectivity index is 1.61. The fraction of sp³-hybridized carbons (Fsp3) is 0.444. The summed E-state index contributed by atoms with van der Waals surface area (Å²) in [5.74, 6) is 0.840. The SMILES string of the molecule is CN(CCc1cccc2ccccc12)CC1CCNC1. The summed E-state index contributed by atoms with van der Waals surface area (Å²) in [7, 11) is 2.25. The molecule has 1 saturated heterocycles. The average molecular weight is 268 g/mol. The third-order valence-electron chi connectivity index (χ3n) is 4.38. The van der Waals surface area contributed by atoms with Crippen LogP contribution < -0.4 is 5.32 Å². The van der Waals surface area contributed by atoms with E-state index in [0.29, 0.717) is 0 Å². The van der Waals surface area contributed by atoms with Gasteiger partial charge in [-0.1, -0.05) is 42.5 Å². The van der Waals surface area contributed by atoms with Crippen LogP contribution >= 0.6 is 0 Å². The van der Waals surface area contributed by atoms with Crippen molar-refractivity contribution in [2.45, 2.75) is 12.8 Å². The largest absolute Gasteiger partial charge is 0.316 e. The molecule has 3 rings (SSSR count). The number of hydrogen-bond acceptors (Lipinski definition) is 2. The van der Waals surface area contributed by atoms with E-state index in [1.807, 2.05) is 0 Å². The summed E-state index contributed by atoms with van der Waals surface area (Å²) < 4.78 is 0. The van der Waals surface area contributed by atoms with Gasteiger partial charge in [0, 0.05) is 13.1 Å². The van der Waals surface area contributed by atoms with Crippen LogP contribution in [0.25, 0.3) is 10.8 Å². The molecule has 20 heavy (non-hydrogen) atoms. The Labute approximate surface area is 121 Å². The highest BCUT2D eigenvalue weighted by molar-refractivity contribution is 5.85. The molecule has 106 valence electrons. The average Bonchev–Trinajstić information content (AvgIpc) is 2.98. The van der Waals surface area contributed by atoms with E-state index in [4.69, 9.17) is 0 Å². The Hall–Kier alpha value is -1.38. The van der Waals surface area contributed by atoms with Crippen molar-refractivity contribution < 1.29 is 0 Å². The molecule has 2 aromatic carbocycles. The highest BCUT2D eigenvalue weighted by atomic mass is 15.1. The van der Waals surface area contributed by atoms with Gasteiger partial charge in [0.25, 0.3) is 0 Å². The first kappa shape index (κ1) is 13.6. The summed E-state index contributed by atoms with van der Waals surface area (Å²) in [5.41, 5.74) is 1.47. The van der Waals surface area contributed by atoms with Crippen LogP contribution in [0.3, 0.4) is 0 Å². The predicted molar refractivity (Wildman–Crippen MR) is 86.1 cm³/mol. The van der Waals surface area contributed by atoms with E-state index in [-0.39, 0.29) is 0 Å². The molecule has 0 saturated carbocycles. The molecule has 0 aliphatic carbocycles. The first-order valence-electron chi connectivity index (χ1n) is 7.69. The molecule has 1 aliphatic heterocycles. The summed E-state index contributed by atoms with van der Waals surface area (Å²) in [6, 6.07) is 15.3. The Morgan fingerprint density at radius 1 is 1.15 bits per heavy atom. The number of fused-ring (bicyclic) bond motifs is 1. The van der Waals surface area contributed by atoms with E-state index in [0.717, 1.165) is 18.9 Å². The summed E-state index contributed by atoms with van der Waals surface area (Å²) in [4.78, 5) is 2.49. The topological polar surface area (TPSA) is 15.3 Å². The standard InChI is InChI=1S/C18H24N2/c1-20(14-15-9-11-19-13-15)12-10-17-7-4-6-16-5-2-3-8-18(16)17/h2-8,15,19H,9-14H2,1H3. The minimum absolute atomic E-state index is 0.840. The fourth-order valence-electron chi connectivity index (χ4n) is 3.22. The quantitative estimate of drug-likeness (QED) is 0.897. The van der Waals surface area contributed by atoms with Crippen LogP contribution in [0.1, 0.15) is 12.0 Å². The van der Waals surface area contributed by atoms with Gasteiger partial charge in [0.15, 0.2) is 0 Å². The molecule has 1 N–H and O–H groups in total.